The molecular weight excluding hydrogens is 276 g/mol. The molecule has 0 radical (unpaired) electrons. The van der Waals surface area contributed by atoms with Gasteiger partial charge in [-0.3, -0.25) is 0 Å². The minimum absolute atomic E-state index is 0.260. The van der Waals surface area contributed by atoms with E-state index in [4.69, 9.17) is 0 Å². The summed E-state index contributed by atoms with van der Waals surface area (Å²) in [7, 11) is 0. The van der Waals surface area contributed by atoms with Gasteiger partial charge in [0.25, 0.3) is 0 Å². The van der Waals surface area contributed by atoms with Crippen molar-refractivity contribution in [1.82, 2.24) is 0 Å². The van der Waals surface area contributed by atoms with Crippen molar-refractivity contribution < 1.29 is 0 Å². The van der Waals surface area contributed by atoms with Gasteiger partial charge in [-0.2, -0.15) is 0 Å². The van der Waals surface area contributed by atoms with Gasteiger partial charge in [-0.1, -0.05) is 47.6 Å². The first-order valence-corrected chi connectivity index (χ1v) is 8.95. The molecule has 0 bridgehead atoms. The Morgan fingerprint density at radius 1 is 0.652 bits per heavy atom. The molecule has 0 unspecified atom stereocenters. The second-order valence-electron chi connectivity index (χ2n) is 9.56. The fourth-order valence-corrected chi connectivity index (χ4v) is 4.22. The normalized spacial score (nSPS) is 13.9. The standard InChI is InChI=1S/C23H38/c1-14(13-20(22(7,8)9)23(10,11)12)21-18(5)16(3)15(2)17(4)19(21)6/h13,20H,1-12H3/b14-13+. The smallest absolute Gasteiger partial charge is 0.0130 e. The zero-order valence-electron chi connectivity index (χ0n) is 17.7. The van der Waals surface area contributed by atoms with Gasteiger partial charge in [0.1, 0.15) is 0 Å². The monoisotopic (exact) mass is 314 g/mol. The van der Waals surface area contributed by atoms with E-state index in [9.17, 15) is 0 Å². The van der Waals surface area contributed by atoms with Gasteiger partial charge in [0.15, 0.2) is 0 Å². The SMILES string of the molecule is C/C(=C\C(C(C)(C)C)C(C)(C)C)c1c(C)c(C)c(C)c(C)c1C. The van der Waals surface area contributed by atoms with Gasteiger partial charge >= 0.3 is 0 Å². The van der Waals surface area contributed by atoms with Crippen LogP contribution in [-0.4, -0.2) is 0 Å². The predicted molar refractivity (Wildman–Crippen MR) is 106 cm³/mol. The summed E-state index contributed by atoms with van der Waals surface area (Å²) in [5.41, 5.74) is 10.6. The molecule has 0 aliphatic heterocycles. The Labute approximate surface area is 145 Å². The Balaban J connectivity index is 3.59. The zero-order valence-corrected chi connectivity index (χ0v) is 17.7. The average Bonchev–Trinajstić information content (AvgIpc) is 2.38. The number of allylic oxidation sites excluding steroid dienone is 2. The van der Waals surface area contributed by atoms with Crippen LogP contribution in [0.15, 0.2) is 6.08 Å². The molecule has 0 heteroatoms. The molecule has 23 heavy (non-hydrogen) atoms. The number of rotatable bonds is 2. The Morgan fingerprint density at radius 2 is 0.957 bits per heavy atom. The topological polar surface area (TPSA) is 0 Å². The Bertz CT molecular complexity index is 570. The molecule has 0 spiro atoms. The van der Waals surface area contributed by atoms with E-state index in [1.165, 1.54) is 39.0 Å². The first kappa shape index (κ1) is 20.0. The van der Waals surface area contributed by atoms with Gasteiger partial charge in [0, 0.05) is 0 Å². The van der Waals surface area contributed by atoms with Crippen molar-refractivity contribution >= 4 is 5.57 Å². The fraction of sp³-hybridized carbons (Fsp3) is 0.652. The number of hydrogen-bond acceptors (Lipinski definition) is 0. The third kappa shape index (κ3) is 4.08. The molecular formula is C23H38. The van der Waals surface area contributed by atoms with Crippen molar-refractivity contribution in [1.29, 1.82) is 0 Å². The van der Waals surface area contributed by atoms with Gasteiger partial charge < -0.3 is 0 Å². The quantitative estimate of drug-likeness (QED) is 0.535. The van der Waals surface area contributed by atoms with E-state index in [1.807, 2.05) is 0 Å². The van der Waals surface area contributed by atoms with Crippen molar-refractivity contribution in [3.63, 3.8) is 0 Å². The lowest BCUT2D eigenvalue weighted by atomic mass is 9.66. The Hall–Kier alpha value is -1.04. The highest BCUT2D eigenvalue weighted by Crippen LogP contribution is 2.43. The summed E-state index contributed by atoms with van der Waals surface area (Å²) < 4.78 is 0. The van der Waals surface area contributed by atoms with Crippen LogP contribution >= 0.6 is 0 Å². The first-order valence-electron chi connectivity index (χ1n) is 8.95. The van der Waals surface area contributed by atoms with Gasteiger partial charge in [-0.15, -0.1) is 0 Å². The van der Waals surface area contributed by atoms with Crippen LogP contribution in [0, 0.1) is 51.4 Å². The fourth-order valence-electron chi connectivity index (χ4n) is 4.22. The largest absolute Gasteiger partial charge is 0.0768 e. The molecule has 0 saturated heterocycles. The minimum Gasteiger partial charge on any atom is -0.0768 e. The van der Waals surface area contributed by atoms with Crippen LogP contribution in [0.4, 0.5) is 0 Å². The van der Waals surface area contributed by atoms with E-state index in [2.05, 4.69) is 89.2 Å². The summed E-state index contributed by atoms with van der Waals surface area (Å²) in [6, 6.07) is 0. The molecule has 0 fully saturated rings. The summed E-state index contributed by atoms with van der Waals surface area (Å²) in [5, 5.41) is 0. The summed E-state index contributed by atoms with van der Waals surface area (Å²) in [5.74, 6) is 0.538. The molecule has 0 nitrogen and oxygen atoms in total. The molecule has 1 aromatic carbocycles. The van der Waals surface area contributed by atoms with Crippen molar-refractivity contribution in [2.75, 3.05) is 0 Å². The maximum atomic E-state index is 2.53. The number of benzene rings is 1. The van der Waals surface area contributed by atoms with Gasteiger partial charge in [0.2, 0.25) is 0 Å². The summed E-state index contributed by atoms with van der Waals surface area (Å²) in [4.78, 5) is 0. The third-order valence-corrected chi connectivity index (χ3v) is 5.68. The maximum Gasteiger partial charge on any atom is -0.0130 e. The van der Waals surface area contributed by atoms with E-state index >= 15 is 0 Å². The van der Waals surface area contributed by atoms with Crippen molar-refractivity contribution in [2.24, 2.45) is 16.7 Å². The molecule has 0 N–H and O–H groups in total. The second-order valence-corrected chi connectivity index (χ2v) is 9.56. The third-order valence-electron chi connectivity index (χ3n) is 5.68. The van der Waals surface area contributed by atoms with E-state index in [0.29, 0.717) is 5.92 Å². The lowest BCUT2D eigenvalue weighted by Crippen LogP contribution is -2.31. The lowest BCUT2D eigenvalue weighted by Gasteiger charge is -2.39. The molecule has 1 rings (SSSR count). The van der Waals surface area contributed by atoms with Gasteiger partial charge in [0.05, 0.1) is 0 Å². The molecule has 0 atom stereocenters. The van der Waals surface area contributed by atoms with Crippen molar-refractivity contribution in [2.45, 2.75) is 83.1 Å². The highest BCUT2D eigenvalue weighted by molar-refractivity contribution is 5.72. The lowest BCUT2D eigenvalue weighted by molar-refractivity contribution is 0.149. The van der Waals surface area contributed by atoms with Crippen molar-refractivity contribution in [3.05, 3.63) is 39.5 Å². The van der Waals surface area contributed by atoms with Crippen LogP contribution in [0.25, 0.3) is 5.57 Å². The van der Waals surface area contributed by atoms with E-state index < -0.39 is 0 Å². The molecule has 0 aliphatic rings. The molecule has 0 heterocycles. The van der Waals surface area contributed by atoms with Crippen LogP contribution in [0.2, 0.25) is 0 Å². The van der Waals surface area contributed by atoms with Crippen LogP contribution < -0.4 is 0 Å². The molecule has 0 aliphatic carbocycles. The average molecular weight is 315 g/mol. The highest BCUT2D eigenvalue weighted by atomic mass is 14.4. The van der Waals surface area contributed by atoms with E-state index in [1.54, 1.807) is 0 Å². The number of hydrogen-bond donors (Lipinski definition) is 0. The van der Waals surface area contributed by atoms with Crippen LogP contribution in [0.1, 0.15) is 81.8 Å². The van der Waals surface area contributed by atoms with Crippen molar-refractivity contribution in [3.8, 4) is 0 Å². The summed E-state index contributed by atoms with van der Waals surface area (Å²) in [6.07, 6.45) is 2.53. The molecule has 130 valence electrons. The highest BCUT2D eigenvalue weighted by Gasteiger charge is 2.33. The molecule has 0 aromatic heterocycles. The Morgan fingerprint density at radius 3 is 1.26 bits per heavy atom. The first-order chi connectivity index (χ1) is 10.2. The zero-order chi connectivity index (χ0) is 18.3. The van der Waals surface area contributed by atoms with Gasteiger partial charge in [-0.05, 0) is 97.2 Å². The minimum atomic E-state index is 0.260. The van der Waals surface area contributed by atoms with Crippen LogP contribution in [0.3, 0.4) is 0 Å². The second kappa shape index (κ2) is 6.46. The predicted octanol–water partition coefficient (Wildman–Crippen LogP) is 7.34. The van der Waals surface area contributed by atoms with Gasteiger partial charge in [-0.25, -0.2) is 0 Å². The summed E-state index contributed by atoms with van der Waals surface area (Å²) in [6.45, 7) is 27.8. The maximum absolute atomic E-state index is 2.53. The van der Waals surface area contributed by atoms with Crippen LogP contribution in [-0.2, 0) is 0 Å². The molecule has 0 saturated carbocycles. The van der Waals surface area contributed by atoms with E-state index in [0.717, 1.165) is 0 Å². The Kier molecular flexibility index (Phi) is 5.62. The molecule has 0 amide bonds. The van der Waals surface area contributed by atoms with Crippen LogP contribution in [0.5, 0.6) is 0 Å². The molecule has 1 aromatic rings. The van der Waals surface area contributed by atoms with E-state index in [-0.39, 0.29) is 10.8 Å². The summed E-state index contributed by atoms with van der Waals surface area (Å²) >= 11 is 0.